The van der Waals surface area contributed by atoms with Crippen LogP contribution in [0, 0.1) is 34.1 Å². The third kappa shape index (κ3) is 4.06. The van der Waals surface area contributed by atoms with Crippen LogP contribution >= 0.6 is 11.6 Å². The molecule has 13 heteroatoms. The molecule has 0 saturated heterocycles. The lowest BCUT2D eigenvalue weighted by Gasteiger charge is -2.05. The maximum atomic E-state index is 12.4. The summed E-state index contributed by atoms with van der Waals surface area (Å²) in [7, 11) is 0. The van der Waals surface area contributed by atoms with Crippen molar-refractivity contribution in [3.8, 4) is 0 Å². The van der Waals surface area contributed by atoms with E-state index in [-0.39, 0.29) is 40.1 Å². The third-order valence-electron chi connectivity index (χ3n) is 4.08. The SMILES string of the molecule is Cc1nn(Cn2ccc(C(=O)Nc3ccc(Cl)cc3[N+](=O)[O-])n2)c(C)c1[N+](=O)[O-]. The van der Waals surface area contributed by atoms with Gasteiger partial charge in [0.2, 0.25) is 0 Å². The van der Waals surface area contributed by atoms with Gasteiger partial charge < -0.3 is 5.32 Å². The van der Waals surface area contributed by atoms with Crippen LogP contribution in [0.25, 0.3) is 0 Å². The van der Waals surface area contributed by atoms with Gasteiger partial charge in [0.15, 0.2) is 5.69 Å². The third-order valence-corrected chi connectivity index (χ3v) is 4.32. The van der Waals surface area contributed by atoms with Gasteiger partial charge in [0.05, 0.1) is 9.85 Å². The lowest BCUT2D eigenvalue weighted by Crippen LogP contribution is -2.16. The van der Waals surface area contributed by atoms with Crippen LogP contribution in [0.5, 0.6) is 0 Å². The van der Waals surface area contributed by atoms with E-state index >= 15 is 0 Å². The summed E-state index contributed by atoms with van der Waals surface area (Å²) < 4.78 is 2.76. The zero-order valence-corrected chi connectivity index (χ0v) is 16.0. The first kappa shape index (κ1) is 19.9. The number of nitro benzene ring substituents is 1. The van der Waals surface area contributed by atoms with Crippen molar-refractivity contribution >= 4 is 34.6 Å². The van der Waals surface area contributed by atoms with E-state index in [2.05, 4.69) is 15.5 Å². The van der Waals surface area contributed by atoms with Gasteiger partial charge in [0.25, 0.3) is 11.6 Å². The Morgan fingerprint density at radius 1 is 1.17 bits per heavy atom. The number of carbonyl (C=O) groups excluding carboxylic acids is 1. The number of halogens is 1. The van der Waals surface area contributed by atoms with Gasteiger partial charge in [-0.3, -0.25) is 29.7 Å². The quantitative estimate of drug-likeness (QED) is 0.476. The molecule has 0 atom stereocenters. The van der Waals surface area contributed by atoms with E-state index in [9.17, 15) is 25.0 Å². The number of hydrogen-bond donors (Lipinski definition) is 1. The van der Waals surface area contributed by atoms with Crippen molar-refractivity contribution in [3.05, 3.63) is 72.8 Å². The molecule has 0 aliphatic rings. The van der Waals surface area contributed by atoms with Gasteiger partial charge in [0.1, 0.15) is 23.7 Å². The first-order valence-electron chi connectivity index (χ1n) is 8.14. The smallest absolute Gasteiger partial charge is 0.312 e. The van der Waals surface area contributed by atoms with Crippen molar-refractivity contribution in [2.75, 3.05) is 5.32 Å². The second kappa shape index (κ2) is 7.67. The van der Waals surface area contributed by atoms with Crippen molar-refractivity contribution in [3.63, 3.8) is 0 Å². The van der Waals surface area contributed by atoms with Gasteiger partial charge in [-0.2, -0.15) is 10.2 Å². The zero-order valence-electron chi connectivity index (χ0n) is 15.2. The summed E-state index contributed by atoms with van der Waals surface area (Å²) in [5.74, 6) is -0.659. The molecule has 29 heavy (non-hydrogen) atoms. The van der Waals surface area contributed by atoms with Crippen LogP contribution in [0.1, 0.15) is 21.9 Å². The maximum Gasteiger partial charge on any atom is 0.312 e. The number of nitrogens with one attached hydrogen (secondary N) is 1. The highest BCUT2D eigenvalue weighted by Gasteiger charge is 2.22. The minimum Gasteiger partial charge on any atom is -0.315 e. The number of benzene rings is 1. The predicted octanol–water partition coefficient (Wildman–Crippen LogP) is 2.92. The molecule has 0 radical (unpaired) electrons. The molecular weight excluding hydrogens is 406 g/mol. The zero-order chi connectivity index (χ0) is 21.3. The van der Waals surface area contributed by atoms with Gasteiger partial charge >= 0.3 is 5.69 Å². The second-order valence-electron chi connectivity index (χ2n) is 6.03. The number of aryl methyl sites for hydroxylation is 1. The van der Waals surface area contributed by atoms with Crippen LogP contribution in [-0.2, 0) is 6.67 Å². The lowest BCUT2D eigenvalue weighted by atomic mass is 10.2. The molecule has 1 N–H and O–H groups in total. The summed E-state index contributed by atoms with van der Waals surface area (Å²) in [6.07, 6.45) is 1.49. The van der Waals surface area contributed by atoms with Crippen molar-refractivity contribution in [1.29, 1.82) is 0 Å². The summed E-state index contributed by atoms with van der Waals surface area (Å²) in [6.45, 7) is 3.15. The van der Waals surface area contributed by atoms with Gasteiger partial charge in [-0.1, -0.05) is 11.6 Å². The molecule has 0 aliphatic heterocycles. The number of amides is 1. The Labute approximate surface area is 168 Å². The maximum absolute atomic E-state index is 12.4. The minimum atomic E-state index is -0.659. The van der Waals surface area contributed by atoms with E-state index in [4.69, 9.17) is 11.6 Å². The standard InChI is InChI=1S/C16H14ClN7O5/c1-9-15(24(28)29)10(2)22(19-9)8-21-6-5-13(20-21)16(25)18-12-4-3-11(17)7-14(12)23(26)27/h3-7H,8H2,1-2H3,(H,18,25). The number of carbonyl (C=O) groups is 1. The Morgan fingerprint density at radius 2 is 1.90 bits per heavy atom. The number of nitrogens with zero attached hydrogens (tertiary/aromatic N) is 6. The summed E-state index contributed by atoms with van der Waals surface area (Å²) in [5.41, 5.74) is 0.183. The monoisotopic (exact) mass is 419 g/mol. The molecule has 0 fully saturated rings. The predicted molar refractivity (Wildman–Crippen MR) is 102 cm³/mol. The Morgan fingerprint density at radius 3 is 2.52 bits per heavy atom. The first-order valence-corrected chi connectivity index (χ1v) is 8.52. The molecule has 3 aromatic rings. The second-order valence-corrected chi connectivity index (χ2v) is 6.47. The highest BCUT2D eigenvalue weighted by Crippen LogP contribution is 2.28. The molecule has 1 amide bonds. The fourth-order valence-corrected chi connectivity index (χ4v) is 2.90. The number of rotatable bonds is 6. The Bertz CT molecular complexity index is 1140. The molecule has 2 heterocycles. The van der Waals surface area contributed by atoms with Gasteiger partial charge in [-0.15, -0.1) is 0 Å². The number of anilines is 1. The Kier molecular flexibility index (Phi) is 5.28. The molecular formula is C16H14ClN7O5. The van der Waals surface area contributed by atoms with E-state index < -0.39 is 15.8 Å². The van der Waals surface area contributed by atoms with Crippen molar-refractivity contribution < 1.29 is 14.6 Å². The summed E-state index contributed by atoms with van der Waals surface area (Å²) in [5, 5.41) is 33.0. The summed E-state index contributed by atoms with van der Waals surface area (Å²) >= 11 is 5.76. The molecule has 0 aliphatic carbocycles. The van der Waals surface area contributed by atoms with Gasteiger partial charge in [0, 0.05) is 17.3 Å². The van der Waals surface area contributed by atoms with E-state index in [1.807, 2.05) is 0 Å². The highest BCUT2D eigenvalue weighted by atomic mass is 35.5. The summed E-state index contributed by atoms with van der Waals surface area (Å²) in [4.78, 5) is 33.5. The van der Waals surface area contributed by atoms with Crippen LogP contribution in [0.15, 0.2) is 30.5 Å². The lowest BCUT2D eigenvalue weighted by molar-refractivity contribution is -0.386. The molecule has 1 aromatic carbocycles. The Hall–Kier alpha value is -3.80. The van der Waals surface area contributed by atoms with Gasteiger partial charge in [-0.05, 0) is 32.0 Å². The summed E-state index contributed by atoms with van der Waals surface area (Å²) in [6, 6.07) is 5.28. The van der Waals surface area contributed by atoms with E-state index in [0.717, 1.165) is 6.07 Å². The molecule has 0 bridgehead atoms. The van der Waals surface area contributed by atoms with Crippen LogP contribution in [-0.4, -0.2) is 35.3 Å². The molecule has 0 unspecified atom stereocenters. The van der Waals surface area contributed by atoms with Gasteiger partial charge in [-0.25, -0.2) is 4.68 Å². The Balaban J connectivity index is 1.79. The average molecular weight is 420 g/mol. The minimum absolute atomic E-state index is 0.00489. The van der Waals surface area contributed by atoms with Crippen LogP contribution in [0.2, 0.25) is 5.02 Å². The normalized spacial score (nSPS) is 10.7. The number of nitro groups is 2. The van der Waals surface area contributed by atoms with Crippen LogP contribution in [0.4, 0.5) is 17.1 Å². The van der Waals surface area contributed by atoms with Crippen molar-refractivity contribution in [1.82, 2.24) is 19.6 Å². The highest BCUT2D eigenvalue weighted by molar-refractivity contribution is 6.31. The average Bonchev–Trinajstić information content (AvgIpc) is 3.21. The van der Waals surface area contributed by atoms with Crippen LogP contribution < -0.4 is 5.32 Å². The fraction of sp³-hybridized carbons (Fsp3) is 0.188. The van der Waals surface area contributed by atoms with Crippen LogP contribution in [0.3, 0.4) is 0 Å². The molecule has 12 nitrogen and oxygen atoms in total. The molecule has 2 aromatic heterocycles. The largest absolute Gasteiger partial charge is 0.315 e. The molecule has 0 spiro atoms. The fourth-order valence-electron chi connectivity index (χ4n) is 2.74. The van der Waals surface area contributed by atoms with Crippen molar-refractivity contribution in [2.45, 2.75) is 20.5 Å². The topological polar surface area (TPSA) is 151 Å². The molecule has 150 valence electrons. The first-order chi connectivity index (χ1) is 13.7. The van der Waals surface area contributed by atoms with E-state index in [1.54, 1.807) is 6.92 Å². The number of hydrogen-bond acceptors (Lipinski definition) is 7. The number of aromatic nitrogens is 4. The van der Waals surface area contributed by atoms with Crippen molar-refractivity contribution in [2.24, 2.45) is 0 Å². The molecule has 3 rings (SSSR count). The van der Waals surface area contributed by atoms with E-state index in [1.165, 1.54) is 40.7 Å². The van der Waals surface area contributed by atoms with E-state index in [0.29, 0.717) is 5.69 Å². The molecule has 0 saturated carbocycles.